The minimum Gasteiger partial charge on any atom is -0.429 e. The molecular formula is C13H21N3O. The van der Waals surface area contributed by atoms with Crippen molar-refractivity contribution in [3.05, 3.63) is 11.5 Å². The van der Waals surface area contributed by atoms with Gasteiger partial charge in [-0.05, 0) is 31.2 Å². The van der Waals surface area contributed by atoms with Gasteiger partial charge in [-0.15, -0.1) is 0 Å². The van der Waals surface area contributed by atoms with Gasteiger partial charge in [0.2, 0.25) is 0 Å². The molecule has 2 aliphatic rings. The lowest BCUT2D eigenvalue weighted by atomic mass is 9.72. The Hall–Kier alpha value is -1.03. The number of rotatable bonds is 2. The highest BCUT2D eigenvalue weighted by Crippen LogP contribution is 2.36. The molecule has 3 N–H and O–H groups in total. The van der Waals surface area contributed by atoms with Crippen molar-refractivity contribution in [1.82, 2.24) is 10.3 Å². The van der Waals surface area contributed by atoms with E-state index in [9.17, 15) is 0 Å². The maximum absolute atomic E-state index is 5.64. The van der Waals surface area contributed by atoms with Crippen molar-refractivity contribution < 1.29 is 4.42 Å². The Morgan fingerprint density at radius 2 is 2.35 bits per heavy atom. The van der Waals surface area contributed by atoms with Crippen LogP contribution in [-0.4, -0.2) is 17.6 Å². The average molecular weight is 235 g/mol. The number of nitrogens with one attached hydrogen (secondary N) is 1. The predicted molar refractivity (Wildman–Crippen MR) is 66.6 cm³/mol. The second kappa shape index (κ2) is 4.33. The first-order chi connectivity index (χ1) is 8.28. The summed E-state index contributed by atoms with van der Waals surface area (Å²) in [6.07, 6.45) is 5.92. The fourth-order valence-electron chi connectivity index (χ4n) is 3.56. The molecule has 0 saturated carbocycles. The standard InChI is InChI=1S/C13H21N3O/c1-2-3-8-4-5-15-10-7-12-11(6-9(8)10)16-13(14)17-12/h8-10,15H,2-7H2,1H3,(H2,14,16)/t8?,9-,10+/m1/s1. The van der Waals surface area contributed by atoms with Gasteiger partial charge in [0.25, 0.3) is 6.01 Å². The van der Waals surface area contributed by atoms with E-state index >= 15 is 0 Å². The molecular weight excluding hydrogens is 214 g/mol. The lowest BCUT2D eigenvalue weighted by Crippen LogP contribution is -2.50. The number of hydrogen-bond donors (Lipinski definition) is 2. The van der Waals surface area contributed by atoms with E-state index in [4.69, 9.17) is 10.2 Å². The van der Waals surface area contributed by atoms with Gasteiger partial charge in [-0.3, -0.25) is 0 Å². The van der Waals surface area contributed by atoms with E-state index in [-0.39, 0.29) is 0 Å². The van der Waals surface area contributed by atoms with Gasteiger partial charge in [0.05, 0.1) is 5.69 Å². The first-order valence-corrected chi connectivity index (χ1v) is 6.75. The Bertz CT molecular complexity index is 399. The molecule has 1 aliphatic heterocycles. The van der Waals surface area contributed by atoms with Gasteiger partial charge >= 0.3 is 0 Å². The average Bonchev–Trinajstić information content (AvgIpc) is 2.66. The van der Waals surface area contributed by atoms with Gasteiger partial charge in [-0.1, -0.05) is 19.8 Å². The van der Waals surface area contributed by atoms with Gasteiger partial charge < -0.3 is 15.5 Å². The number of nitrogens with zero attached hydrogens (tertiary/aromatic N) is 1. The van der Waals surface area contributed by atoms with Gasteiger partial charge in [0, 0.05) is 12.5 Å². The van der Waals surface area contributed by atoms with E-state index in [1.165, 1.54) is 19.3 Å². The molecule has 0 spiro atoms. The third-order valence-corrected chi connectivity index (χ3v) is 4.33. The van der Waals surface area contributed by atoms with Crippen LogP contribution in [0.5, 0.6) is 0 Å². The zero-order chi connectivity index (χ0) is 11.8. The Balaban J connectivity index is 1.83. The summed E-state index contributed by atoms with van der Waals surface area (Å²) in [7, 11) is 0. The fraction of sp³-hybridized carbons (Fsp3) is 0.769. The SMILES string of the molecule is CCCC1CCN[C@H]2Cc3oc(N)nc3C[C@H]12. The highest BCUT2D eigenvalue weighted by Gasteiger charge is 2.38. The van der Waals surface area contributed by atoms with Gasteiger partial charge in [-0.2, -0.15) is 4.98 Å². The van der Waals surface area contributed by atoms with Crippen LogP contribution in [0.4, 0.5) is 6.01 Å². The number of anilines is 1. The highest BCUT2D eigenvalue weighted by molar-refractivity contribution is 5.25. The predicted octanol–water partition coefficient (Wildman–Crippen LogP) is 1.75. The van der Waals surface area contributed by atoms with Crippen LogP contribution in [0.25, 0.3) is 0 Å². The Kier molecular flexibility index (Phi) is 2.82. The van der Waals surface area contributed by atoms with Crippen molar-refractivity contribution in [1.29, 1.82) is 0 Å². The molecule has 4 heteroatoms. The fourth-order valence-corrected chi connectivity index (χ4v) is 3.56. The quantitative estimate of drug-likeness (QED) is 0.819. The third-order valence-electron chi connectivity index (χ3n) is 4.33. The summed E-state index contributed by atoms with van der Waals surface area (Å²) in [4.78, 5) is 4.32. The Morgan fingerprint density at radius 1 is 1.47 bits per heavy atom. The molecule has 94 valence electrons. The minimum atomic E-state index is 0.334. The van der Waals surface area contributed by atoms with E-state index in [0.29, 0.717) is 12.1 Å². The summed E-state index contributed by atoms with van der Waals surface area (Å²) in [5.41, 5.74) is 6.75. The number of piperidine rings is 1. The van der Waals surface area contributed by atoms with Crippen LogP contribution in [0.2, 0.25) is 0 Å². The maximum atomic E-state index is 5.64. The summed E-state index contributed by atoms with van der Waals surface area (Å²) in [6.45, 7) is 3.42. The van der Waals surface area contributed by atoms with E-state index < -0.39 is 0 Å². The van der Waals surface area contributed by atoms with E-state index in [1.807, 2.05) is 0 Å². The maximum Gasteiger partial charge on any atom is 0.292 e. The van der Waals surface area contributed by atoms with E-state index in [0.717, 1.165) is 42.7 Å². The number of nitrogen functional groups attached to an aromatic ring is 1. The normalized spacial score (nSPS) is 31.9. The largest absolute Gasteiger partial charge is 0.429 e. The molecule has 3 rings (SSSR count). The van der Waals surface area contributed by atoms with Crippen molar-refractivity contribution >= 4 is 6.01 Å². The van der Waals surface area contributed by atoms with Crippen LogP contribution in [-0.2, 0) is 12.8 Å². The molecule has 0 bridgehead atoms. The van der Waals surface area contributed by atoms with Crippen LogP contribution >= 0.6 is 0 Å². The molecule has 3 atom stereocenters. The lowest BCUT2D eigenvalue weighted by molar-refractivity contribution is 0.158. The van der Waals surface area contributed by atoms with E-state index in [2.05, 4.69) is 17.2 Å². The highest BCUT2D eigenvalue weighted by atomic mass is 16.4. The van der Waals surface area contributed by atoms with Crippen LogP contribution in [0.15, 0.2) is 4.42 Å². The van der Waals surface area contributed by atoms with Crippen molar-refractivity contribution in [3.8, 4) is 0 Å². The number of aromatic nitrogens is 1. The topological polar surface area (TPSA) is 64.1 Å². The van der Waals surface area contributed by atoms with Gasteiger partial charge in [0.1, 0.15) is 5.76 Å². The molecule has 1 aliphatic carbocycles. The molecule has 4 nitrogen and oxygen atoms in total. The van der Waals surface area contributed by atoms with Crippen LogP contribution in [0.1, 0.15) is 37.6 Å². The van der Waals surface area contributed by atoms with Crippen molar-refractivity contribution in [2.75, 3.05) is 12.3 Å². The number of hydrogen-bond acceptors (Lipinski definition) is 4. The second-order valence-corrected chi connectivity index (χ2v) is 5.39. The zero-order valence-corrected chi connectivity index (χ0v) is 10.4. The Labute approximate surface area is 102 Å². The summed E-state index contributed by atoms with van der Waals surface area (Å²) >= 11 is 0. The Morgan fingerprint density at radius 3 is 3.18 bits per heavy atom. The molecule has 0 aromatic carbocycles. The van der Waals surface area contributed by atoms with Crippen molar-refractivity contribution in [2.24, 2.45) is 11.8 Å². The molecule has 0 amide bonds. The number of nitrogens with two attached hydrogens (primary N) is 1. The monoisotopic (exact) mass is 235 g/mol. The van der Waals surface area contributed by atoms with Gasteiger partial charge in [-0.25, -0.2) is 0 Å². The van der Waals surface area contributed by atoms with Crippen LogP contribution < -0.4 is 11.1 Å². The van der Waals surface area contributed by atoms with Crippen molar-refractivity contribution in [2.45, 2.75) is 45.1 Å². The first kappa shape index (κ1) is 11.1. The molecule has 1 aromatic heterocycles. The van der Waals surface area contributed by atoms with Crippen LogP contribution in [0.3, 0.4) is 0 Å². The van der Waals surface area contributed by atoms with Crippen LogP contribution in [0, 0.1) is 11.8 Å². The van der Waals surface area contributed by atoms with Crippen molar-refractivity contribution in [3.63, 3.8) is 0 Å². The first-order valence-electron chi connectivity index (χ1n) is 6.75. The molecule has 1 fully saturated rings. The summed E-state index contributed by atoms with van der Waals surface area (Å²) in [5, 5.41) is 3.63. The van der Waals surface area contributed by atoms with Gasteiger partial charge in [0.15, 0.2) is 0 Å². The molecule has 17 heavy (non-hydrogen) atoms. The molecule has 1 saturated heterocycles. The van der Waals surface area contributed by atoms with E-state index in [1.54, 1.807) is 0 Å². The second-order valence-electron chi connectivity index (χ2n) is 5.39. The molecule has 1 aromatic rings. The summed E-state index contributed by atoms with van der Waals surface area (Å²) in [6, 6.07) is 0.904. The number of fused-ring (bicyclic) bond motifs is 2. The summed E-state index contributed by atoms with van der Waals surface area (Å²) < 4.78 is 5.48. The lowest BCUT2D eigenvalue weighted by Gasteiger charge is -2.41. The molecule has 2 heterocycles. The smallest absolute Gasteiger partial charge is 0.292 e. The number of oxazole rings is 1. The third kappa shape index (κ3) is 1.95. The summed E-state index contributed by atoms with van der Waals surface area (Å²) in [5.74, 6) is 2.58. The molecule has 1 unspecified atom stereocenters. The molecule has 0 radical (unpaired) electrons. The zero-order valence-electron chi connectivity index (χ0n) is 10.4. The minimum absolute atomic E-state index is 0.334.